The van der Waals surface area contributed by atoms with Crippen molar-refractivity contribution in [3.8, 4) is 23.0 Å². The van der Waals surface area contributed by atoms with Crippen molar-refractivity contribution in [2.75, 3.05) is 14.2 Å². The molecule has 0 unspecified atom stereocenters. The summed E-state index contributed by atoms with van der Waals surface area (Å²) in [5.74, 6) is -0.978. The molecule has 0 aliphatic rings. The van der Waals surface area contributed by atoms with Crippen LogP contribution in [-0.4, -0.2) is 40.4 Å². The summed E-state index contributed by atoms with van der Waals surface area (Å²) >= 11 is 0. The van der Waals surface area contributed by atoms with Crippen LogP contribution in [0.5, 0.6) is 23.0 Å². The molecular weight excluding hydrogens is 316 g/mol. The van der Waals surface area contributed by atoms with E-state index in [4.69, 9.17) is 9.47 Å². The average Bonchev–Trinajstić information content (AvgIpc) is 2.61. The average molecular weight is 334 g/mol. The first-order valence-electron chi connectivity index (χ1n) is 7.03. The summed E-state index contributed by atoms with van der Waals surface area (Å²) in [5.41, 5.74) is -0.0679. The van der Waals surface area contributed by atoms with E-state index in [0.29, 0.717) is 0 Å². The van der Waals surface area contributed by atoms with Gasteiger partial charge in [0.1, 0.15) is 23.0 Å². The molecule has 0 aliphatic heterocycles. The second kappa shape index (κ2) is 7.20. The predicted octanol–water partition coefficient (Wildman–Crippen LogP) is 1.33. The highest BCUT2D eigenvalue weighted by Gasteiger charge is 2.23. The molecule has 24 heavy (non-hydrogen) atoms. The fraction of sp³-hybridized carbons (Fsp3) is 0.235. The molecule has 128 valence electrons. The third-order valence-corrected chi connectivity index (χ3v) is 3.63. The minimum Gasteiger partial charge on any atom is -0.507 e. The Hall–Kier alpha value is -2.77. The normalized spacial score (nSPS) is 10.5. The number of aromatic hydroxyl groups is 2. The maximum absolute atomic E-state index is 12.8. The van der Waals surface area contributed by atoms with Crippen LogP contribution < -0.4 is 9.47 Å². The van der Waals surface area contributed by atoms with Crippen molar-refractivity contribution in [3.63, 3.8) is 0 Å². The molecular formula is C17H18O7. The number of carbonyl (C=O) groups is 1. The van der Waals surface area contributed by atoms with Gasteiger partial charge in [-0.05, 0) is 24.3 Å². The molecule has 0 saturated heterocycles. The first kappa shape index (κ1) is 17.6. The maximum atomic E-state index is 12.8. The van der Waals surface area contributed by atoms with Crippen LogP contribution >= 0.6 is 0 Å². The predicted molar refractivity (Wildman–Crippen MR) is 84.6 cm³/mol. The van der Waals surface area contributed by atoms with E-state index in [-0.39, 0.29) is 33.8 Å². The summed E-state index contributed by atoms with van der Waals surface area (Å²) in [7, 11) is 2.77. The molecule has 0 heterocycles. The number of hydrogen-bond acceptors (Lipinski definition) is 7. The number of benzene rings is 2. The molecule has 2 rings (SSSR count). The number of methoxy groups -OCH3 is 2. The lowest BCUT2D eigenvalue weighted by Gasteiger charge is -2.13. The first-order valence-corrected chi connectivity index (χ1v) is 7.03. The molecule has 2 aromatic carbocycles. The minimum absolute atomic E-state index is 0.113. The molecule has 2 aromatic rings. The van der Waals surface area contributed by atoms with Gasteiger partial charge in [0.15, 0.2) is 0 Å². The number of rotatable bonds is 6. The molecule has 0 bridgehead atoms. The van der Waals surface area contributed by atoms with Gasteiger partial charge in [-0.3, -0.25) is 4.79 Å². The zero-order chi connectivity index (χ0) is 17.9. The van der Waals surface area contributed by atoms with Crippen LogP contribution in [0.1, 0.15) is 27.0 Å². The van der Waals surface area contributed by atoms with Crippen LogP contribution in [0.2, 0.25) is 0 Å². The number of carbonyl (C=O) groups excluding carboxylic acids is 1. The quantitative estimate of drug-likeness (QED) is 0.589. The molecule has 0 radical (unpaired) electrons. The summed E-state index contributed by atoms with van der Waals surface area (Å²) < 4.78 is 10.1. The molecule has 0 amide bonds. The van der Waals surface area contributed by atoms with Crippen LogP contribution in [0.4, 0.5) is 0 Å². The second-order valence-corrected chi connectivity index (χ2v) is 5.01. The van der Waals surface area contributed by atoms with E-state index in [0.717, 1.165) is 0 Å². The Morgan fingerprint density at radius 2 is 1.21 bits per heavy atom. The highest BCUT2D eigenvalue weighted by Crippen LogP contribution is 2.35. The Balaban J connectivity index is 2.65. The Bertz CT molecular complexity index is 705. The van der Waals surface area contributed by atoms with E-state index in [1.54, 1.807) is 0 Å². The molecule has 0 spiro atoms. The number of phenols is 2. The summed E-state index contributed by atoms with van der Waals surface area (Å²) in [4.78, 5) is 12.8. The summed E-state index contributed by atoms with van der Waals surface area (Å²) in [5, 5.41) is 39.0. The van der Waals surface area contributed by atoms with Gasteiger partial charge in [-0.1, -0.05) is 0 Å². The Morgan fingerprint density at radius 1 is 0.833 bits per heavy atom. The van der Waals surface area contributed by atoms with Gasteiger partial charge < -0.3 is 29.9 Å². The van der Waals surface area contributed by atoms with Crippen molar-refractivity contribution in [2.45, 2.75) is 13.2 Å². The topological polar surface area (TPSA) is 116 Å². The van der Waals surface area contributed by atoms with E-state index >= 15 is 0 Å². The summed E-state index contributed by atoms with van der Waals surface area (Å²) in [6.45, 7) is -0.982. The fourth-order valence-corrected chi connectivity index (χ4v) is 2.30. The fourth-order valence-electron chi connectivity index (χ4n) is 2.30. The third kappa shape index (κ3) is 3.12. The maximum Gasteiger partial charge on any atom is 0.200 e. The zero-order valence-corrected chi connectivity index (χ0v) is 13.2. The standard InChI is InChI=1S/C17H18O7/c1-23-11-3-9(7-18)15(20)13(5-11)17(22)14-6-12(24-2)4-10(8-19)16(14)21/h3-6,18-21H,7-8H2,1-2H3. The van der Waals surface area contributed by atoms with Crippen molar-refractivity contribution < 1.29 is 34.7 Å². The number of ketones is 1. The molecule has 4 N–H and O–H groups in total. The van der Waals surface area contributed by atoms with E-state index < -0.39 is 30.5 Å². The smallest absolute Gasteiger partial charge is 0.200 e. The van der Waals surface area contributed by atoms with Crippen molar-refractivity contribution in [1.29, 1.82) is 0 Å². The summed E-state index contributed by atoms with van der Waals surface area (Å²) in [6.07, 6.45) is 0. The molecule has 0 aliphatic carbocycles. The largest absolute Gasteiger partial charge is 0.507 e. The van der Waals surface area contributed by atoms with Gasteiger partial charge in [-0.2, -0.15) is 0 Å². The van der Waals surface area contributed by atoms with E-state index in [9.17, 15) is 25.2 Å². The molecule has 7 heteroatoms. The molecule has 0 aromatic heterocycles. The van der Waals surface area contributed by atoms with Crippen molar-refractivity contribution in [2.24, 2.45) is 0 Å². The Morgan fingerprint density at radius 3 is 1.50 bits per heavy atom. The van der Waals surface area contributed by atoms with Gasteiger partial charge in [0.2, 0.25) is 5.78 Å². The van der Waals surface area contributed by atoms with Gasteiger partial charge in [0.25, 0.3) is 0 Å². The van der Waals surface area contributed by atoms with Gasteiger partial charge in [0.05, 0.1) is 38.6 Å². The number of aliphatic hydroxyl groups is 2. The molecule has 0 fully saturated rings. The van der Waals surface area contributed by atoms with E-state index in [1.807, 2.05) is 0 Å². The van der Waals surface area contributed by atoms with E-state index in [1.165, 1.54) is 38.5 Å². The van der Waals surface area contributed by atoms with Crippen molar-refractivity contribution in [3.05, 3.63) is 46.5 Å². The van der Waals surface area contributed by atoms with Gasteiger partial charge in [0, 0.05) is 11.1 Å². The number of hydrogen-bond donors (Lipinski definition) is 4. The third-order valence-electron chi connectivity index (χ3n) is 3.63. The molecule has 7 nitrogen and oxygen atoms in total. The molecule has 0 atom stereocenters. The first-order chi connectivity index (χ1) is 11.5. The van der Waals surface area contributed by atoms with Crippen molar-refractivity contribution in [1.82, 2.24) is 0 Å². The van der Waals surface area contributed by atoms with Crippen LogP contribution in [0.3, 0.4) is 0 Å². The highest BCUT2D eigenvalue weighted by atomic mass is 16.5. The SMILES string of the molecule is COc1cc(CO)c(O)c(C(=O)c2cc(OC)cc(CO)c2O)c1. The van der Waals surface area contributed by atoms with Gasteiger partial charge in [-0.25, -0.2) is 0 Å². The minimum atomic E-state index is -0.702. The van der Waals surface area contributed by atoms with Crippen LogP contribution in [0.15, 0.2) is 24.3 Å². The molecule has 0 saturated carbocycles. The summed E-state index contributed by atoms with van der Waals surface area (Å²) in [6, 6.07) is 5.40. The van der Waals surface area contributed by atoms with Crippen LogP contribution in [-0.2, 0) is 13.2 Å². The van der Waals surface area contributed by atoms with Gasteiger partial charge in [-0.15, -0.1) is 0 Å². The lowest BCUT2D eigenvalue weighted by molar-refractivity contribution is 0.103. The Labute approximate surface area is 138 Å². The Kier molecular flexibility index (Phi) is 5.28. The number of aliphatic hydroxyl groups excluding tert-OH is 2. The monoisotopic (exact) mass is 334 g/mol. The number of ether oxygens (including phenoxy) is 2. The lowest BCUT2D eigenvalue weighted by Crippen LogP contribution is -2.06. The van der Waals surface area contributed by atoms with Crippen molar-refractivity contribution >= 4 is 5.78 Å². The van der Waals surface area contributed by atoms with Crippen LogP contribution in [0, 0.1) is 0 Å². The van der Waals surface area contributed by atoms with E-state index in [2.05, 4.69) is 0 Å². The highest BCUT2D eigenvalue weighted by molar-refractivity contribution is 6.13. The van der Waals surface area contributed by atoms with Gasteiger partial charge >= 0.3 is 0 Å². The lowest BCUT2D eigenvalue weighted by atomic mass is 9.97. The van der Waals surface area contributed by atoms with Crippen LogP contribution in [0.25, 0.3) is 0 Å². The zero-order valence-electron chi connectivity index (χ0n) is 13.2. The second-order valence-electron chi connectivity index (χ2n) is 5.01.